The number of amides is 2. The smallest absolute Gasteiger partial charge is 0.348 e. The topological polar surface area (TPSA) is 166 Å². The normalized spacial score (nSPS) is 13.1. The van der Waals surface area contributed by atoms with E-state index < -0.39 is 11.9 Å². The molecule has 0 saturated heterocycles. The zero-order valence-corrected chi connectivity index (χ0v) is 34.9. The van der Waals surface area contributed by atoms with Gasteiger partial charge in [-0.2, -0.15) is 10.1 Å². The fourth-order valence-corrected chi connectivity index (χ4v) is 6.97. The number of carbonyl (C=O) groups is 4. The van der Waals surface area contributed by atoms with E-state index in [2.05, 4.69) is 31.3 Å². The fraction of sp³-hybridized carbons (Fsp3) is 0.160. The highest BCUT2D eigenvalue weighted by molar-refractivity contribution is 6.30. The van der Waals surface area contributed by atoms with Crippen LogP contribution in [0.2, 0.25) is 0 Å². The quantitative estimate of drug-likeness (QED) is 0.0888. The van der Waals surface area contributed by atoms with Crippen LogP contribution in [0.25, 0.3) is 0 Å². The molecule has 6 aromatic carbocycles. The SMILES string of the molecule is O=C(ON1CCN=C1Nc1ccc(Cc2ccc(C(=O)NCc3ccccc3)cc2)cc1)C(=O)ON1CCN=C1Nc1ccc(Cc2ccc(C(=O)NCc3ccccc3)cc2)cc1. The highest BCUT2D eigenvalue weighted by Crippen LogP contribution is 2.19. The molecule has 2 heterocycles. The van der Waals surface area contributed by atoms with Crippen LogP contribution in [0.1, 0.15) is 54.1 Å². The van der Waals surface area contributed by atoms with Gasteiger partial charge in [-0.25, -0.2) is 19.6 Å². The van der Waals surface area contributed by atoms with Crippen molar-refractivity contribution in [2.45, 2.75) is 25.9 Å². The highest BCUT2D eigenvalue weighted by atomic mass is 16.8. The van der Waals surface area contributed by atoms with Gasteiger partial charge in [-0.05, 0) is 94.8 Å². The lowest BCUT2D eigenvalue weighted by Crippen LogP contribution is -2.41. The average molecular weight is 855 g/mol. The van der Waals surface area contributed by atoms with Crippen LogP contribution in [0.4, 0.5) is 11.4 Å². The molecule has 14 nitrogen and oxygen atoms in total. The lowest BCUT2D eigenvalue weighted by atomic mass is 10.0. The maximum Gasteiger partial charge on any atom is 0.444 e. The summed E-state index contributed by atoms with van der Waals surface area (Å²) in [4.78, 5) is 70.6. The van der Waals surface area contributed by atoms with Crippen molar-refractivity contribution in [2.24, 2.45) is 9.98 Å². The first-order valence-electron chi connectivity index (χ1n) is 20.9. The number of nitrogens with one attached hydrogen (secondary N) is 4. The summed E-state index contributed by atoms with van der Waals surface area (Å²) >= 11 is 0. The van der Waals surface area contributed by atoms with Crippen molar-refractivity contribution < 1.29 is 28.9 Å². The van der Waals surface area contributed by atoms with E-state index in [1.165, 1.54) is 10.1 Å². The molecule has 0 aromatic heterocycles. The second kappa shape index (κ2) is 20.5. The van der Waals surface area contributed by atoms with Gasteiger partial charge in [-0.3, -0.25) is 9.59 Å². The molecule has 0 radical (unpaired) electrons. The Balaban J connectivity index is 0.759. The number of hydrogen-bond donors (Lipinski definition) is 4. The molecule has 0 fully saturated rings. The van der Waals surface area contributed by atoms with E-state index in [1.807, 2.05) is 158 Å². The predicted octanol–water partition coefficient (Wildman–Crippen LogP) is 6.51. The molecule has 0 spiro atoms. The van der Waals surface area contributed by atoms with E-state index in [4.69, 9.17) is 9.68 Å². The number of aliphatic imine (C=N–C) groups is 2. The minimum atomic E-state index is -1.21. The molecule has 2 aliphatic heterocycles. The molecule has 2 amide bonds. The van der Waals surface area contributed by atoms with Crippen LogP contribution in [0, 0.1) is 0 Å². The number of nitrogens with zero attached hydrogens (tertiary/aromatic N) is 4. The molecule has 6 aromatic rings. The summed E-state index contributed by atoms with van der Waals surface area (Å²) < 4.78 is 0. The number of hydroxylamine groups is 4. The number of guanidine groups is 2. The van der Waals surface area contributed by atoms with Crippen LogP contribution in [0.5, 0.6) is 0 Å². The van der Waals surface area contributed by atoms with E-state index in [9.17, 15) is 19.2 Å². The molecule has 0 unspecified atom stereocenters. The zero-order valence-electron chi connectivity index (χ0n) is 34.9. The summed E-state index contributed by atoms with van der Waals surface area (Å²) in [5, 5.41) is 14.7. The van der Waals surface area contributed by atoms with Gasteiger partial charge in [0.2, 0.25) is 11.9 Å². The summed E-state index contributed by atoms with van der Waals surface area (Å²) in [5.74, 6) is -2.10. The molecule has 8 rings (SSSR count). The lowest BCUT2D eigenvalue weighted by Gasteiger charge is -2.21. The fourth-order valence-electron chi connectivity index (χ4n) is 6.97. The Kier molecular flexibility index (Phi) is 13.6. The van der Waals surface area contributed by atoms with E-state index in [0.29, 0.717) is 61.5 Å². The van der Waals surface area contributed by atoms with Crippen LogP contribution in [-0.4, -0.2) is 72.0 Å². The molecule has 2 aliphatic rings. The van der Waals surface area contributed by atoms with E-state index in [-0.39, 0.29) is 36.8 Å². The monoisotopic (exact) mass is 854 g/mol. The maximum absolute atomic E-state index is 12.9. The second-order valence-electron chi connectivity index (χ2n) is 15.1. The molecule has 64 heavy (non-hydrogen) atoms. The Hall–Kier alpha value is -8.26. The van der Waals surface area contributed by atoms with Crippen LogP contribution in [0.15, 0.2) is 168 Å². The van der Waals surface area contributed by atoms with Gasteiger partial charge in [-0.1, -0.05) is 109 Å². The third-order valence-electron chi connectivity index (χ3n) is 10.4. The molecule has 0 atom stereocenters. The number of anilines is 2. The Labute approximate surface area is 370 Å². The van der Waals surface area contributed by atoms with E-state index in [0.717, 1.165) is 33.4 Å². The molecule has 322 valence electrons. The molecule has 4 N–H and O–H groups in total. The van der Waals surface area contributed by atoms with Crippen molar-refractivity contribution in [2.75, 3.05) is 36.8 Å². The van der Waals surface area contributed by atoms with Gasteiger partial charge in [-0.15, -0.1) is 0 Å². The molecule has 0 bridgehead atoms. The summed E-state index contributed by atoms with van der Waals surface area (Å²) in [6, 6.07) is 50.1. The summed E-state index contributed by atoms with van der Waals surface area (Å²) in [6.45, 7) is 2.15. The Morgan fingerprint density at radius 2 is 0.781 bits per heavy atom. The largest absolute Gasteiger partial charge is 0.444 e. The van der Waals surface area contributed by atoms with Crippen LogP contribution < -0.4 is 21.3 Å². The lowest BCUT2D eigenvalue weighted by molar-refractivity contribution is -0.198. The van der Waals surface area contributed by atoms with Gasteiger partial charge in [0.05, 0.1) is 26.2 Å². The zero-order chi connectivity index (χ0) is 44.1. The van der Waals surface area contributed by atoms with Crippen molar-refractivity contribution in [1.82, 2.24) is 20.8 Å². The van der Waals surface area contributed by atoms with Crippen molar-refractivity contribution in [3.63, 3.8) is 0 Å². The summed E-state index contributed by atoms with van der Waals surface area (Å²) in [6.07, 6.45) is 1.33. The third-order valence-corrected chi connectivity index (χ3v) is 10.4. The molecule has 0 saturated carbocycles. The van der Waals surface area contributed by atoms with Crippen molar-refractivity contribution in [3.8, 4) is 0 Å². The van der Waals surface area contributed by atoms with E-state index >= 15 is 0 Å². The van der Waals surface area contributed by atoms with Gasteiger partial charge in [0.1, 0.15) is 0 Å². The number of carbonyl (C=O) groups excluding carboxylic acids is 4. The van der Waals surface area contributed by atoms with E-state index in [1.54, 1.807) is 0 Å². The minimum absolute atomic E-state index is 0.126. The van der Waals surface area contributed by atoms with Gasteiger partial charge in [0.25, 0.3) is 11.8 Å². The van der Waals surface area contributed by atoms with Crippen molar-refractivity contribution in [1.29, 1.82) is 0 Å². The molecule has 0 aliphatic carbocycles. The van der Waals surface area contributed by atoms with Gasteiger partial charge < -0.3 is 30.9 Å². The number of hydrogen-bond acceptors (Lipinski definition) is 12. The number of rotatable bonds is 14. The molecule has 14 heteroatoms. The third kappa shape index (κ3) is 11.6. The average Bonchev–Trinajstić information content (AvgIpc) is 3.97. The number of benzene rings is 6. The van der Waals surface area contributed by atoms with Crippen LogP contribution in [0.3, 0.4) is 0 Å². The predicted molar refractivity (Wildman–Crippen MR) is 244 cm³/mol. The first-order valence-corrected chi connectivity index (χ1v) is 20.9. The first-order chi connectivity index (χ1) is 31.3. The molecular formula is C50H46N8O6. The highest BCUT2D eigenvalue weighted by Gasteiger charge is 2.31. The van der Waals surface area contributed by atoms with Gasteiger partial charge >= 0.3 is 11.9 Å². The van der Waals surface area contributed by atoms with Gasteiger partial charge in [0.15, 0.2) is 0 Å². The first kappa shape index (κ1) is 42.4. The van der Waals surface area contributed by atoms with Crippen LogP contribution in [-0.2, 0) is 45.2 Å². The van der Waals surface area contributed by atoms with Crippen molar-refractivity contribution in [3.05, 3.63) is 202 Å². The van der Waals surface area contributed by atoms with Crippen LogP contribution >= 0.6 is 0 Å². The van der Waals surface area contributed by atoms with Gasteiger partial charge in [0, 0.05) is 35.6 Å². The Morgan fingerprint density at radius 3 is 1.14 bits per heavy atom. The molecular weight excluding hydrogens is 809 g/mol. The standard InChI is InChI=1S/C50H46N8O6/c59-45(53-33-39-7-3-1-4-8-39)41-19-11-35(12-20-41)31-37-15-23-43(24-16-37)55-49-51-27-29-57(49)63-47(61)48(62)64-58-30-28-52-50(58)56-44-25-17-38(18-26-44)32-36-13-21-42(22-14-36)46(60)54-34-40-9-5-2-6-10-40/h1-26H,27-34H2,(H,51,55)(H,52,56)(H,53,59)(H,54,60). The minimum Gasteiger partial charge on any atom is -0.348 e. The summed E-state index contributed by atoms with van der Waals surface area (Å²) in [5.41, 5.74) is 8.93. The maximum atomic E-state index is 12.9. The Bertz CT molecular complexity index is 2440. The second-order valence-corrected chi connectivity index (χ2v) is 15.1. The summed E-state index contributed by atoms with van der Waals surface area (Å²) in [7, 11) is 0. The van der Waals surface area contributed by atoms with Crippen molar-refractivity contribution >= 4 is 47.0 Å². The Morgan fingerprint density at radius 1 is 0.438 bits per heavy atom.